The lowest BCUT2D eigenvalue weighted by Crippen LogP contribution is -2.06. The van der Waals surface area contributed by atoms with Crippen molar-refractivity contribution in [3.63, 3.8) is 0 Å². The fourth-order valence-electron chi connectivity index (χ4n) is 1.24. The van der Waals surface area contributed by atoms with Crippen LogP contribution in [0.2, 0.25) is 5.02 Å². The lowest BCUT2D eigenvalue weighted by Gasteiger charge is -2.03. The van der Waals surface area contributed by atoms with Gasteiger partial charge < -0.3 is 5.11 Å². The number of halogens is 1. The van der Waals surface area contributed by atoms with Crippen LogP contribution in [0.5, 0.6) is 5.75 Å². The molecule has 0 unspecified atom stereocenters. The van der Waals surface area contributed by atoms with Crippen molar-refractivity contribution in [3.05, 3.63) is 23.2 Å². The third-order valence-electron chi connectivity index (χ3n) is 2.21. The molecule has 0 aromatic heterocycles. The fraction of sp³-hybridized carbons (Fsp3) is 0.333. The van der Waals surface area contributed by atoms with Gasteiger partial charge in [-0.2, -0.15) is 0 Å². The molecule has 0 heterocycles. The molecule has 1 aliphatic rings. The Balaban J connectivity index is 2.46. The maximum Gasteiger partial charge on any atom is 0.181 e. The van der Waals surface area contributed by atoms with Gasteiger partial charge in [0, 0.05) is 0 Å². The van der Waals surface area contributed by atoms with E-state index in [1.54, 1.807) is 0 Å². The van der Waals surface area contributed by atoms with E-state index in [0.717, 1.165) is 12.8 Å². The van der Waals surface area contributed by atoms with Gasteiger partial charge in [0.15, 0.2) is 9.84 Å². The summed E-state index contributed by atoms with van der Waals surface area (Å²) >= 11 is 5.63. The lowest BCUT2D eigenvalue weighted by molar-refractivity contribution is 0.475. The van der Waals surface area contributed by atoms with Gasteiger partial charge in [0.05, 0.1) is 15.2 Å². The quantitative estimate of drug-likeness (QED) is 0.849. The van der Waals surface area contributed by atoms with Crippen molar-refractivity contribution < 1.29 is 13.5 Å². The summed E-state index contributed by atoms with van der Waals surface area (Å²) < 4.78 is 23.4. The van der Waals surface area contributed by atoms with Crippen molar-refractivity contribution in [1.29, 1.82) is 0 Å². The lowest BCUT2D eigenvalue weighted by atomic mass is 10.3. The van der Waals surface area contributed by atoms with Gasteiger partial charge in [-0.25, -0.2) is 8.42 Å². The molecule has 1 saturated carbocycles. The van der Waals surface area contributed by atoms with Gasteiger partial charge in [0.1, 0.15) is 5.75 Å². The van der Waals surface area contributed by atoms with Crippen LogP contribution in [0, 0.1) is 0 Å². The van der Waals surface area contributed by atoms with Gasteiger partial charge >= 0.3 is 0 Å². The van der Waals surface area contributed by atoms with Crippen molar-refractivity contribution in [2.45, 2.75) is 23.0 Å². The minimum atomic E-state index is -3.20. The number of rotatable bonds is 2. The summed E-state index contributed by atoms with van der Waals surface area (Å²) in [5.41, 5.74) is 0. The third-order valence-corrected chi connectivity index (χ3v) is 4.77. The van der Waals surface area contributed by atoms with Crippen molar-refractivity contribution in [2.75, 3.05) is 0 Å². The molecule has 0 amide bonds. The van der Waals surface area contributed by atoms with Gasteiger partial charge in [-0.05, 0) is 31.0 Å². The van der Waals surface area contributed by atoms with Crippen LogP contribution in [0.3, 0.4) is 0 Å². The average Bonchev–Trinajstić information content (AvgIpc) is 2.92. The first-order valence-corrected chi connectivity index (χ1v) is 6.16. The number of phenols is 1. The minimum absolute atomic E-state index is 0.0757. The molecule has 0 atom stereocenters. The number of hydrogen-bond acceptors (Lipinski definition) is 3. The Labute approximate surface area is 87.2 Å². The molecule has 1 aliphatic carbocycles. The monoisotopic (exact) mass is 232 g/mol. The van der Waals surface area contributed by atoms with E-state index in [4.69, 9.17) is 16.7 Å². The van der Waals surface area contributed by atoms with Gasteiger partial charge in [0.25, 0.3) is 0 Å². The highest BCUT2D eigenvalue weighted by atomic mass is 35.5. The molecular formula is C9H9ClO3S. The van der Waals surface area contributed by atoms with E-state index >= 15 is 0 Å². The summed E-state index contributed by atoms with van der Waals surface area (Å²) in [6, 6.07) is 3.98. The SMILES string of the molecule is O=S(=O)(c1ccc(O)c(Cl)c1)C1CC1. The van der Waals surface area contributed by atoms with Gasteiger partial charge in [-0.3, -0.25) is 0 Å². The van der Waals surface area contributed by atoms with Crippen molar-refractivity contribution in [2.24, 2.45) is 0 Å². The average molecular weight is 233 g/mol. The van der Waals surface area contributed by atoms with Crippen LogP contribution in [0.1, 0.15) is 12.8 Å². The summed E-state index contributed by atoms with van der Waals surface area (Å²) in [6.45, 7) is 0. The number of sulfone groups is 1. The Hall–Kier alpha value is -0.740. The van der Waals surface area contributed by atoms with E-state index in [-0.39, 0.29) is 20.9 Å². The zero-order valence-electron chi connectivity index (χ0n) is 7.27. The Morgan fingerprint density at radius 3 is 2.50 bits per heavy atom. The molecule has 76 valence electrons. The first-order chi connectivity index (χ1) is 6.51. The maximum absolute atomic E-state index is 11.7. The predicted molar refractivity (Wildman–Crippen MR) is 53.3 cm³/mol. The van der Waals surface area contributed by atoms with Gasteiger partial charge in [-0.15, -0.1) is 0 Å². The van der Waals surface area contributed by atoms with Crippen LogP contribution in [0.25, 0.3) is 0 Å². The van der Waals surface area contributed by atoms with Crippen molar-refractivity contribution in [1.82, 2.24) is 0 Å². The van der Waals surface area contributed by atoms with E-state index in [2.05, 4.69) is 0 Å². The summed E-state index contributed by atoms with van der Waals surface area (Å²) in [5.74, 6) is -0.0959. The van der Waals surface area contributed by atoms with Crippen molar-refractivity contribution >= 4 is 21.4 Å². The Morgan fingerprint density at radius 2 is 2.00 bits per heavy atom. The molecule has 1 fully saturated rings. The first-order valence-electron chi connectivity index (χ1n) is 4.24. The zero-order valence-corrected chi connectivity index (χ0v) is 8.85. The topological polar surface area (TPSA) is 54.4 Å². The number of hydrogen-bond donors (Lipinski definition) is 1. The second-order valence-corrected chi connectivity index (χ2v) is 5.99. The van der Waals surface area contributed by atoms with Crippen LogP contribution in [-0.2, 0) is 9.84 Å². The first kappa shape index (κ1) is 9.80. The van der Waals surface area contributed by atoms with Gasteiger partial charge in [-0.1, -0.05) is 11.6 Å². The fourth-order valence-corrected chi connectivity index (χ4v) is 3.16. The maximum atomic E-state index is 11.7. The third kappa shape index (κ3) is 1.60. The molecule has 14 heavy (non-hydrogen) atoms. The van der Waals surface area contributed by atoms with Crippen molar-refractivity contribution in [3.8, 4) is 5.75 Å². The molecule has 1 aromatic rings. The molecule has 2 rings (SSSR count). The van der Waals surface area contributed by atoms with Crippen LogP contribution in [0.4, 0.5) is 0 Å². The smallest absolute Gasteiger partial charge is 0.181 e. The number of phenolic OH excluding ortho intramolecular Hbond substituents is 1. The Kier molecular flexibility index (Phi) is 2.20. The highest BCUT2D eigenvalue weighted by Crippen LogP contribution is 2.35. The van der Waals surface area contributed by atoms with E-state index in [0.29, 0.717) is 0 Å². The molecule has 0 saturated heterocycles. The minimum Gasteiger partial charge on any atom is -0.506 e. The van der Waals surface area contributed by atoms with Crippen LogP contribution in [0.15, 0.2) is 23.1 Å². The van der Waals surface area contributed by atoms with Crippen LogP contribution in [-0.4, -0.2) is 18.8 Å². The molecule has 0 bridgehead atoms. The largest absolute Gasteiger partial charge is 0.506 e. The molecule has 0 spiro atoms. The molecule has 1 N–H and O–H groups in total. The Morgan fingerprint density at radius 1 is 1.36 bits per heavy atom. The zero-order chi connectivity index (χ0) is 10.3. The predicted octanol–water partition coefficient (Wildman–Crippen LogP) is 1.98. The van der Waals surface area contributed by atoms with Crippen LogP contribution >= 0.6 is 11.6 Å². The molecule has 0 aliphatic heterocycles. The normalized spacial score (nSPS) is 16.9. The highest BCUT2D eigenvalue weighted by molar-refractivity contribution is 7.92. The molecular weight excluding hydrogens is 224 g/mol. The molecule has 1 aromatic carbocycles. The van der Waals surface area contributed by atoms with E-state index in [1.807, 2.05) is 0 Å². The van der Waals surface area contributed by atoms with E-state index < -0.39 is 9.84 Å². The second kappa shape index (κ2) is 3.14. The summed E-state index contributed by atoms with van der Waals surface area (Å²) in [6.07, 6.45) is 1.45. The second-order valence-electron chi connectivity index (χ2n) is 3.36. The van der Waals surface area contributed by atoms with Crippen LogP contribution < -0.4 is 0 Å². The summed E-state index contributed by atoms with van der Waals surface area (Å²) in [5, 5.41) is 8.97. The Bertz CT molecular complexity index is 463. The summed E-state index contributed by atoms with van der Waals surface area (Å²) in [4.78, 5) is 0.197. The number of benzene rings is 1. The van der Waals surface area contributed by atoms with E-state index in [9.17, 15) is 8.42 Å². The summed E-state index contributed by atoms with van der Waals surface area (Å²) in [7, 11) is -3.20. The van der Waals surface area contributed by atoms with E-state index in [1.165, 1.54) is 18.2 Å². The molecule has 5 heteroatoms. The standard InChI is InChI=1S/C9H9ClO3S/c10-8-5-7(3-4-9(8)11)14(12,13)6-1-2-6/h3-6,11H,1-2H2. The molecule has 0 radical (unpaired) electrons. The molecule has 3 nitrogen and oxygen atoms in total. The van der Waals surface area contributed by atoms with Gasteiger partial charge in [0.2, 0.25) is 0 Å². The number of aromatic hydroxyl groups is 1. The highest BCUT2D eigenvalue weighted by Gasteiger charge is 2.36.